The minimum absolute atomic E-state index is 0.0786. The number of amides is 1. The quantitative estimate of drug-likeness (QED) is 0.247. The highest BCUT2D eigenvalue weighted by Crippen LogP contribution is 2.26. The van der Waals surface area contributed by atoms with Gasteiger partial charge in [0.05, 0.1) is 29.7 Å². The molecule has 0 aromatic heterocycles. The fourth-order valence-electron chi connectivity index (χ4n) is 3.23. The Morgan fingerprint density at radius 1 is 1.09 bits per heavy atom. The van der Waals surface area contributed by atoms with Gasteiger partial charge in [0.25, 0.3) is 5.91 Å². The Kier molecular flexibility index (Phi) is 8.65. The number of nitro benzene ring substituents is 1. The summed E-state index contributed by atoms with van der Waals surface area (Å²) in [6, 6.07) is 21.4. The maximum Gasteiger partial charge on any atom is 0.311 e. The molecule has 0 saturated carbocycles. The summed E-state index contributed by atoms with van der Waals surface area (Å²) in [5, 5.41) is 15.0. The molecular weight excluding hydrogens is 472 g/mol. The van der Waals surface area contributed by atoms with E-state index in [9.17, 15) is 23.3 Å². The Morgan fingerprint density at radius 2 is 1.74 bits per heavy atom. The fourth-order valence-corrected chi connectivity index (χ4v) is 4.65. The van der Waals surface area contributed by atoms with Crippen molar-refractivity contribution >= 4 is 27.8 Å². The lowest BCUT2D eigenvalue weighted by Crippen LogP contribution is -2.40. The molecular formula is C24H24N4O6S. The summed E-state index contributed by atoms with van der Waals surface area (Å²) in [7, 11) is -2.61. The first kappa shape index (κ1) is 25.5. The molecule has 11 heteroatoms. The molecule has 0 fully saturated rings. The third kappa shape index (κ3) is 6.95. The number of hydrogen-bond acceptors (Lipinski definition) is 7. The molecule has 1 N–H and O–H groups in total. The van der Waals surface area contributed by atoms with Crippen molar-refractivity contribution in [2.24, 2.45) is 5.10 Å². The number of nitrogens with one attached hydrogen (secondary N) is 1. The Balaban J connectivity index is 1.72. The fraction of sp³-hybridized carbons (Fsp3) is 0.167. The summed E-state index contributed by atoms with van der Waals surface area (Å²) in [4.78, 5) is 23.2. The number of benzene rings is 3. The molecule has 0 bridgehead atoms. The van der Waals surface area contributed by atoms with Gasteiger partial charge >= 0.3 is 5.69 Å². The normalized spacial score (nSPS) is 11.5. The van der Waals surface area contributed by atoms with Crippen LogP contribution in [0.4, 0.5) is 5.69 Å². The van der Waals surface area contributed by atoms with Gasteiger partial charge in [0.2, 0.25) is 10.0 Å². The van der Waals surface area contributed by atoms with Crippen LogP contribution >= 0.6 is 0 Å². The summed E-state index contributed by atoms with van der Waals surface area (Å²) < 4.78 is 32.4. The van der Waals surface area contributed by atoms with Crippen molar-refractivity contribution in [1.82, 2.24) is 9.73 Å². The molecule has 182 valence electrons. The summed E-state index contributed by atoms with van der Waals surface area (Å²) in [6.07, 6.45) is 1.64. The lowest BCUT2D eigenvalue weighted by atomic mass is 10.1. The summed E-state index contributed by atoms with van der Waals surface area (Å²) in [6.45, 7) is -0.368. The average Bonchev–Trinajstić information content (AvgIpc) is 2.87. The van der Waals surface area contributed by atoms with Crippen LogP contribution in [-0.4, -0.2) is 50.0 Å². The van der Waals surface area contributed by atoms with E-state index < -0.39 is 27.4 Å². The lowest BCUT2D eigenvalue weighted by Gasteiger charge is -2.21. The molecule has 10 nitrogen and oxygen atoms in total. The third-order valence-corrected chi connectivity index (χ3v) is 6.86. The van der Waals surface area contributed by atoms with Gasteiger partial charge in [0.15, 0.2) is 5.75 Å². The molecule has 0 heterocycles. The first-order valence-corrected chi connectivity index (χ1v) is 12.0. The molecule has 0 spiro atoms. The molecule has 0 aliphatic rings. The van der Waals surface area contributed by atoms with Crippen LogP contribution < -0.4 is 10.2 Å². The number of methoxy groups -OCH3 is 1. The van der Waals surface area contributed by atoms with Crippen LogP contribution in [0.3, 0.4) is 0 Å². The van der Waals surface area contributed by atoms with E-state index in [1.165, 1.54) is 43.7 Å². The number of nitrogens with zero attached hydrogens (tertiary/aromatic N) is 3. The zero-order chi connectivity index (χ0) is 25.3. The third-order valence-electron chi connectivity index (χ3n) is 5.00. The summed E-state index contributed by atoms with van der Waals surface area (Å²) in [5.41, 5.74) is 3.33. The van der Waals surface area contributed by atoms with Gasteiger partial charge in [-0.25, -0.2) is 13.8 Å². The van der Waals surface area contributed by atoms with Crippen LogP contribution in [0.5, 0.6) is 5.75 Å². The van der Waals surface area contributed by atoms with Gasteiger partial charge in [-0.1, -0.05) is 48.5 Å². The van der Waals surface area contributed by atoms with E-state index >= 15 is 0 Å². The Labute approximate surface area is 203 Å². The number of hydrazone groups is 1. The zero-order valence-corrected chi connectivity index (χ0v) is 19.7. The minimum Gasteiger partial charge on any atom is -0.490 e. The lowest BCUT2D eigenvalue weighted by molar-refractivity contribution is -0.385. The van der Waals surface area contributed by atoms with Crippen molar-refractivity contribution in [3.8, 4) is 5.75 Å². The second-order valence-corrected chi connectivity index (χ2v) is 9.31. The first-order chi connectivity index (χ1) is 16.8. The molecule has 0 unspecified atom stereocenters. The molecule has 0 atom stereocenters. The van der Waals surface area contributed by atoms with Gasteiger partial charge in [0, 0.05) is 18.2 Å². The van der Waals surface area contributed by atoms with Crippen molar-refractivity contribution in [1.29, 1.82) is 0 Å². The van der Waals surface area contributed by atoms with Crippen LogP contribution in [-0.2, 0) is 21.2 Å². The number of carbonyl (C=O) groups excluding carboxylic acids is 1. The number of nitro groups is 1. The van der Waals surface area contributed by atoms with E-state index in [-0.39, 0.29) is 22.9 Å². The van der Waals surface area contributed by atoms with Crippen molar-refractivity contribution < 1.29 is 22.9 Å². The highest BCUT2D eigenvalue weighted by molar-refractivity contribution is 7.89. The van der Waals surface area contributed by atoms with E-state index in [1.807, 2.05) is 30.3 Å². The maximum absolute atomic E-state index is 13.2. The Morgan fingerprint density at radius 3 is 2.37 bits per heavy atom. The molecule has 3 rings (SSSR count). The van der Waals surface area contributed by atoms with Gasteiger partial charge < -0.3 is 4.74 Å². The molecule has 0 aliphatic carbocycles. The number of ether oxygens (including phenoxy) is 1. The van der Waals surface area contributed by atoms with Crippen LogP contribution in [0.1, 0.15) is 11.1 Å². The second kappa shape index (κ2) is 11.9. The maximum atomic E-state index is 13.2. The van der Waals surface area contributed by atoms with E-state index in [0.717, 1.165) is 9.87 Å². The van der Waals surface area contributed by atoms with Crippen LogP contribution in [0.25, 0.3) is 0 Å². The SMILES string of the molecule is COc1ccc(/C=N\NC(=O)CN(CCc2ccccc2)S(=O)(=O)c2ccccc2)cc1[N+](=O)[O-]. The molecule has 3 aromatic rings. The number of sulfonamides is 1. The van der Waals surface area contributed by atoms with Gasteiger partial charge in [-0.15, -0.1) is 0 Å². The standard InChI is InChI=1S/C24H24N4O6S/c1-34-23-13-12-20(16-22(23)28(30)31)17-25-26-24(29)18-27(15-14-19-8-4-2-5-9-19)35(32,33)21-10-6-3-7-11-21/h2-13,16-17H,14-15,18H2,1H3,(H,26,29)/b25-17-. The predicted molar refractivity (Wildman–Crippen MR) is 131 cm³/mol. The number of rotatable bonds is 11. The largest absolute Gasteiger partial charge is 0.490 e. The molecule has 3 aromatic carbocycles. The van der Waals surface area contributed by atoms with Gasteiger partial charge in [0.1, 0.15) is 0 Å². The van der Waals surface area contributed by atoms with Gasteiger partial charge in [-0.05, 0) is 36.2 Å². The second-order valence-electron chi connectivity index (χ2n) is 7.37. The molecule has 0 saturated heterocycles. The first-order valence-electron chi connectivity index (χ1n) is 10.5. The van der Waals surface area contributed by atoms with Gasteiger partial charge in [-0.2, -0.15) is 9.41 Å². The predicted octanol–water partition coefficient (Wildman–Crippen LogP) is 2.99. The highest BCUT2D eigenvalue weighted by Gasteiger charge is 2.26. The summed E-state index contributed by atoms with van der Waals surface area (Å²) in [5.74, 6) is -0.562. The van der Waals surface area contributed by atoms with Crippen molar-refractivity contribution in [2.75, 3.05) is 20.2 Å². The van der Waals surface area contributed by atoms with Crippen molar-refractivity contribution in [3.05, 3.63) is 100 Å². The van der Waals surface area contributed by atoms with E-state index in [1.54, 1.807) is 18.2 Å². The smallest absolute Gasteiger partial charge is 0.311 e. The van der Waals surface area contributed by atoms with E-state index in [2.05, 4.69) is 10.5 Å². The van der Waals surface area contributed by atoms with Crippen LogP contribution in [0, 0.1) is 10.1 Å². The molecule has 1 amide bonds. The number of hydrogen-bond donors (Lipinski definition) is 1. The molecule has 0 aliphatic heterocycles. The van der Waals surface area contributed by atoms with Crippen LogP contribution in [0.2, 0.25) is 0 Å². The van der Waals surface area contributed by atoms with Gasteiger partial charge in [-0.3, -0.25) is 14.9 Å². The van der Waals surface area contributed by atoms with E-state index in [4.69, 9.17) is 4.74 Å². The molecule has 35 heavy (non-hydrogen) atoms. The minimum atomic E-state index is -3.93. The average molecular weight is 497 g/mol. The topological polar surface area (TPSA) is 131 Å². The monoisotopic (exact) mass is 496 g/mol. The van der Waals surface area contributed by atoms with Crippen molar-refractivity contribution in [3.63, 3.8) is 0 Å². The Hall–Kier alpha value is -4.09. The van der Waals surface area contributed by atoms with E-state index in [0.29, 0.717) is 12.0 Å². The highest BCUT2D eigenvalue weighted by atomic mass is 32.2. The van der Waals surface area contributed by atoms with Crippen molar-refractivity contribution in [2.45, 2.75) is 11.3 Å². The zero-order valence-electron chi connectivity index (χ0n) is 18.9. The summed E-state index contributed by atoms with van der Waals surface area (Å²) >= 11 is 0. The molecule has 0 radical (unpaired) electrons. The Bertz CT molecular complexity index is 1300. The van der Waals surface area contributed by atoms with Crippen LogP contribution in [0.15, 0.2) is 88.9 Å². The number of carbonyl (C=O) groups is 1.